The molecule has 2 rings (SSSR count). The Balaban J connectivity index is 2.05. The summed E-state index contributed by atoms with van der Waals surface area (Å²) in [4.78, 5) is 6.29. The molecule has 0 radical (unpaired) electrons. The molecule has 2 aromatic rings. The number of nitrogens with one attached hydrogen (secondary N) is 1. The summed E-state index contributed by atoms with van der Waals surface area (Å²) in [6.07, 6.45) is 0. The largest absolute Gasteiger partial charge is 0.392 e. The Bertz CT molecular complexity index is 558. The van der Waals surface area contributed by atoms with Crippen molar-refractivity contribution in [2.24, 2.45) is 0 Å². The molecule has 0 saturated carbocycles. The normalized spacial score (nSPS) is 10.5. The van der Waals surface area contributed by atoms with Gasteiger partial charge in [0.15, 0.2) is 5.82 Å². The third-order valence-electron chi connectivity index (χ3n) is 2.49. The maximum atomic E-state index is 9.10. The standard InChI is InChI=1S/C12H15ClN4OS/c1-17(2)12-15-11(16-19-12)6-14-10-5-8(7-18)3-4-9(10)13/h3-5,14,18H,6-7H2,1-2H3. The molecule has 0 saturated heterocycles. The van der Waals surface area contributed by atoms with Gasteiger partial charge in [0, 0.05) is 25.6 Å². The van der Waals surface area contributed by atoms with Crippen molar-refractivity contribution in [3.05, 3.63) is 34.6 Å². The maximum Gasteiger partial charge on any atom is 0.204 e. The highest BCUT2D eigenvalue weighted by molar-refractivity contribution is 7.09. The van der Waals surface area contributed by atoms with E-state index in [2.05, 4.69) is 14.7 Å². The van der Waals surface area contributed by atoms with Crippen LogP contribution < -0.4 is 10.2 Å². The fourth-order valence-corrected chi connectivity index (χ4v) is 2.26. The molecule has 0 spiro atoms. The van der Waals surface area contributed by atoms with E-state index in [1.165, 1.54) is 11.5 Å². The van der Waals surface area contributed by atoms with Gasteiger partial charge in [0.2, 0.25) is 5.13 Å². The molecule has 0 aliphatic heterocycles. The van der Waals surface area contributed by atoms with Gasteiger partial charge in [-0.1, -0.05) is 17.7 Å². The van der Waals surface area contributed by atoms with Crippen molar-refractivity contribution in [2.45, 2.75) is 13.2 Å². The summed E-state index contributed by atoms with van der Waals surface area (Å²) in [5.74, 6) is 0.721. The lowest BCUT2D eigenvalue weighted by atomic mass is 10.2. The quantitative estimate of drug-likeness (QED) is 0.887. The van der Waals surface area contributed by atoms with Crippen LogP contribution in [0.5, 0.6) is 0 Å². The predicted octanol–water partition coefficient (Wildman–Crippen LogP) is 2.36. The lowest BCUT2D eigenvalue weighted by Crippen LogP contribution is -2.08. The maximum absolute atomic E-state index is 9.10. The van der Waals surface area contributed by atoms with Crippen LogP contribution in [0.15, 0.2) is 18.2 Å². The highest BCUT2D eigenvalue weighted by Crippen LogP contribution is 2.24. The molecule has 0 fully saturated rings. The van der Waals surface area contributed by atoms with Crippen molar-refractivity contribution >= 4 is 34.0 Å². The minimum absolute atomic E-state index is 0.00836. The molecule has 102 valence electrons. The molecule has 19 heavy (non-hydrogen) atoms. The highest BCUT2D eigenvalue weighted by atomic mass is 35.5. The van der Waals surface area contributed by atoms with E-state index in [-0.39, 0.29) is 6.61 Å². The molecule has 7 heteroatoms. The second-order valence-electron chi connectivity index (χ2n) is 4.21. The topological polar surface area (TPSA) is 61.3 Å². The minimum atomic E-state index is -0.00836. The number of aliphatic hydroxyl groups excluding tert-OH is 1. The average Bonchev–Trinajstić information content (AvgIpc) is 2.87. The van der Waals surface area contributed by atoms with Gasteiger partial charge in [0.05, 0.1) is 23.9 Å². The Hall–Kier alpha value is -1.37. The Morgan fingerprint density at radius 3 is 2.84 bits per heavy atom. The first-order chi connectivity index (χ1) is 9.10. The Morgan fingerprint density at radius 2 is 2.21 bits per heavy atom. The monoisotopic (exact) mass is 298 g/mol. The van der Waals surface area contributed by atoms with Gasteiger partial charge in [-0.3, -0.25) is 0 Å². The zero-order chi connectivity index (χ0) is 13.8. The molecule has 0 aliphatic carbocycles. The van der Waals surface area contributed by atoms with E-state index < -0.39 is 0 Å². The van der Waals surface area contributed by atoms with E-state index >= 15 is 0 Å². The molecule has 0 unspecified atom stereocenters. The summed E-state index contributed by atoms with van der Waals surface area (Å²) in [5, 5.41) is 13.8. The third-order valence-corrected chi connectivity index (χ3v) is 3.74. The number of aromatic nitrogens is 2. The zero-order valence-electron chi connectivity index (χ0n) is 10.7. The first-order valence-electron chi connectivity index (χ1n) is 5.73. The van der Waals surface area contributed by atoms with E-state index in [0.29, 0.717) is 11.6 Å². The van der Waals surface area contributed by atoms with Crippen molar-refractivity contribution < 1.29 is 5.11 Å². The summed E-state index contributed by atoms with van der Waals surface area (Å²) in [5.41, 5.74) is 1.58. The second kappa shape index (κ2) is 6.18. The van der Waals surface area contributed by atoms with Gasteiger partial charge in [-0.2, -0.15) is 4.37 Å². The molecule has 1 aromatic heterocycles. The van der Waals surface area contributed by atoms with Crippen molar-refractivity contribution in [3.63, 3.8) is 0 Å². The minimum Gasteiger partial charge on any atom is -0.392 e. The van der Waals surface area contributed by atoms with Gasteiger partial charge in [-0.05, 0) is 17.7 Å². The molecular formula is C12H15ClN4OS. The van der Waals surface area contributed by atoms with Gasteiger partial charge in [0.1, 0.15) is 0 Å². The molecule has 0 bridgehead atoms. The van der Waals surface area contributed by atoms with Gasteiger partial charge in [0.25, 0.3) is 0 Å². The van der Waals surface area contributed by atoms with Crippen LogP contribution in [-0.4, -0.2) is 28.6 Å². The lowest BCUT2D eigenvalue weighted by molar-refractivity contribution is 0.282. The fraction of sp³-hybridized carbons (Fsp3) is 0.333. The fourth-order valence-electron chi connectivity index (χ4n) is 1.48. The molecule has 2 N–H and O–H groups in total. The molecule has 1 heterocycles. The van der Waals surface area contributed by atoms with Crippen molar-refractivity contribution in [2.75, 3.05) is 24.3 Å². The van der Waals surface area contributed by atoms with Crippen LogP contribution in [0.2, 0.25) is 5.02 Å². The molecular weight excluding hydrogens is 284 g/mol. The van der Waals surface area contributed by atoms with E-state index in [0.717, 1.165) is 22.2 Å². The highest BCUT2D eigenvalue weighted by Gasteiger charge is 2.07. The predicted molar refractivity (Wildman–Crippen MR) is 78.9 cm³/mol. The van der Waals surface area contributed by atoms with Gasteiger partial charge < -0.3 is 15.3 Å². The number of hydrogen-bond donors (Lipinski definition) is 2. The number of benzene rings is 1. The van der Waals surface area contributed by atoms with Crippen LogP contribution in [0.3, 0.4) is 0 Å². The number of aliphatic hydroxyl groups is 1. The molecule has 1 aromatic carbocycles. The van der Waals surface area contributed by atoms with E-state index in [1.807, 2.05) is 25.1 Å². The van der Waals surface area contributed by atoms with E-state index in [4.69, 9.17) is 16.7 Å². The first-order valence-corrected chi connectivity index (χ1v) is 6.88. The molecule has 0 amide bonds. The number of rotatable bonds is 5. The van der Waals surface area contributed by atoms with Gasteiger partial charge >= 0.3 is 0 Å². The zero-order valence-corrected chi connectivity index (χ0v) is 12.3. The average molecular weight is 299 g/mol. The van der Waals surface area contributed by atoms with Crippen LogP contribution in [-0.2, 0) is 13.2 Å². The van der Waals surface area contributed by atoms with Crippen LogP contribution in [0.1, 0.15) is 11.4 Å². The van der Waals surface area contributed by atoms with Crippen LogP contribution in [0.25, 0.3) is 0 Å². The van der Waals surface area contributed by atoms with Crippen molar-refractivity contribution in [1.82, 2.24) is 9.36 Å². The van der Waals surface area contributed by atoms with Crippen molar-refractivity contribution in [3.8, 4) is 0 Å². The smallest absolute Gasteiger partial charge is 0.204 e. The summed E-state index contributed by atoms with van der Waals surface area (Å²) in [6.45, 7) is 0.491. The Labute approximate surface area is 121 Å². The second-order valence-corrected chi connectivity index (χ2v) is 5.35. The summed E-state index contributed by atoms with van der Waals surface area (Å²) in [7, 11) is 3.86. The van der Waals surface area contributed by atoms with E-state index in [1.54, 1.807) is 12.1 Å². The molecule has 0 atom stereocenters. The van der Waals surface area contributed by atoms with Crippen LogP contribution in [0, 0.1) is 0 Å². The number of anilines is 2. The number of nitrogens with zero attached hydrogens (tertiary/aromatic N) is 3. The summed E-state index contributed by atoms with van der Waals surface area (Å²) >= 11 is 7.44. The lowest BCUT2D eigenvalue weighted by Gasteiger charge is -2.08. The Kier molecular flexibility index (Phi) is 4.57. The van der Waals surface area contributed by atoms with Crippen LogP contribution >= 0.6 is 23.1 Å². The number of hydrogen-bond acceptors (Lipinski definition) is 6. The Morgan fingerprint density at radius 1 is 1.42 bits per heavy atom. The molecule has 5 nitrogen and oxygen atoms in total. The van der Waals surface area contributed by atoms with Crippen LogP contribution in [0.4, 0.5) is 10.8 Å². The SMILES string of the molecule is CN(C)c1nc(CNc2cc(CO)ccc2Cl)ns1. The summed E-state index contributed by atoms with van der Waals surface area (Å²) in [6, 6.07) is 5.37. The van der Waals surface area contributed by atoms with E-state index in [9.17, 15) is 0 Å². The first kappa shape index (κ1) is 14.0. The number of halogens is 1. The van der Waals surface area contributed by atoms with Crippen molar-refractivity contribution in [1.29, 1.82) is 0 Å². The summed E-state index contributed by atoms with van der Waals surface area (Å²) < 4.78 is 4.26. The van der Waals surface area contributed by atoms with Gasteiger partial charge in [-0.15, -0.1) is 0 Å². The third kappa shape index (κ3) is 3.56. The van der Waals surface area contributed by atoms with Gasteiger partial charge in [-0.25, -0.2) is 4.98 Å². The molecule has 0 aliphatic rings.